The molecule has 0 radical (unpaired) electrons. The van der Waals surface area contributed by atoms with Crippen LogP contribution >= 0.6 is 11.8 Å². The summed E-state index contributed by atoms with van der Waals surface area (Å²) in [7, 11) is 1.71. The second-order valence-corrected chi connectivity index (χ2v) is 6.99. The lowest BCUT2D eigenvalue weighted by molar-refractivity contribution is -0.136. The van der Waals surface area contributed by atoms with E-state index in [2.05, 4.69) is 0 Å². The SMILES string of the molecule is CSc1ccc(/C=C/C(=O)OCC(=O)c2ccc3c(c2)CC(=O)N3C)cc1. The first kappa shape index (κ1) is 18.9. The zero-order valence-electron chi connectivity index (χ0n) is 15.1. The van der Waals surface area contributed by atoms with E-state index in [0.717, 1.165) is 21.7 Å². The fourth-order valence-electron chi connectivity index (χ4n) is 2.79. The van der Waals surface area contributed by atoms with Gasteiger partial charge >= 0.3 is 5.97 Å². The van der Waals surface area contributed by atoms with Crippen LogP contribution in [0.4, 0.5) is 5.69 Å². The van der Waals surface area contributed by atoms with Crippen LogP contribution in [0.2, 0.25) is 0 Å². The van der Waals surface area contributed by atoms with E-state index < -0.39 is 5.97 Å². The summed E-state index contributed by atoms with van der Waals surface area (Å²) in [6, 6.07) is 12.8. The number of carbonyl (C=O) groups excluding carboxylic acids is 3. The van der Waals surface area contributed by atoms with Gasteiger partial charge in [0.1, 0.15) is 0 Å². The van der Waals surface area contributed by atoms with Crippen molar-refractivity contribution in [3.8, 4) is 0 Å². The zero-order valence-corrected chi connectivity index (χ0v) is 15.9. The molecule has 0 saturated carbocycles. The molecule has 0 aromatic heterocycles. The number of fused-ring (bicyclic) bond motifs is 1. The van der Waals surface area contributed by atoms with Crippen LogP contribution in [0.3, 0.4) is 0 Å². The first-order valence-corrected chi connectivity index (χ1v) is 9.62. The summed E-state index contributed by atoms with van der Waals surface area (Å²) >= 11 is 1.64. The number of esters is 1. The van der Waals surface area contributed by atoms with Gasteiger partial charge in [-0.2, -0.15) is 0 Å². The van der Waals surface area contributed by atoms with Crippen molar-refractivity contribution in [1.29, 1.82) is 0 Å². The van der Waals surface area contributed by atoms with Crippen LogP contribution in [-0.2, 0) is 20.7 Å². The number of carbonyl (C=O) groups is 3. The van der Waals surface area contributed by atoms with E-state index in [1.165, 1.54) is 6.08 Å². The standard InChI is InChI=1S/C21H19NO4S/c1-22-18-9-6-15(11-16(18)12-20(22)24)19(23)13-26-21(25)10-5-14-3-7-17(27-2)8-4-14/h3-11H,12-13H2,1-2H3/b10-5+. The molecule has 0 fully saturated rings. The molecule has 1 amide bonds. The number of likely N-dealkylation sites (N-methyl/N-ethyl adjacent to an activating group) is 1. The molecule has 0 bridgehead atoms. The minimum absolute atomic E-state index is 0.00303. The van der Waals surface area contributed by atoms with E-state index in [4.69, 9.17) is 4.74 Å². The van der Waals surface area contributed by atoms with Gasteiger partial charge in [0.05, 0.1) is 6.42 Å². The van der Waals surface area contributed by atoms with E-state index in [1.54, 1.807) is 48.0 Å². The summed E-state index contributed by atoms with van der Waals surface area (Å²) in [6.45, 7) is -0.336. The number of rotatable bonds is 6. The highest BCUT2D eigenvalue weighted by Gasteiger charge is 2.24. The van der Waals surface area contributed by atoms with Gasteiger partial charge in [-0.05, 0) is 53.8 Å². The molecule has 0 N–H and O–H groups in total. The molecule has 3 rings (SSSR count). The molecule has 1 aliphatic heterocycles. The molecule has 1 aliphatic rings. The number of ketones is 1. The molecule has 2 aromatic carbocycles. The second kappa shape index (κ2) is 8.22. The average Bonchev–Trinajstić information content (AvgIpc) is 2.98. The molecule has 2 aromatic rings. The van der Waals surface area contributed by atoms with Gasteiger partial charge in [-0.15, -0.1) is 11.8 Å². The highest BCUT2D eigenvalue weighted by molar-refractivity contribution is 7.98. The Labute approximate surface area is 162 Å². The van der Waals surface area contributed by atoms with Gasteiger partial charge in [0.2, 0.25) is 5.91 Å². The molecule has 1 heterocycles. The van der Waals surface area contributed by atoms with Crippen molar-refractivity contribution in [2.24, 2.45) is 0 Å². The zero-order chi connectivity index (χ0) is 19.4. The van der Waals surface area contributed by atoms with Gasteiger partial charge in [-0.1, -0.05) is 12.1 Å². The summed E-state index contributed by atoms with van der Waals surface area (Å²) in [5, 5.41) is 0. The summed E-state index contributed by atoms with van der Waals surface area (Å²) in [6.07, 6.45) is 5.23. The maximum absolute atomic E-state index is 12.3. The molecule has 6 heteroatoms. The lowest BCUT2D eigenvalue weighted by atomic mass is 10.1. The Morgan fingerprint density at radius 1 is 1.19 bits per heavy atom. The Bertz CT molecular complexity index is 918. The molecule has 0 atom stereocenters. The van der Waals surface area contributed by atoms with Gasteiger partial charge in [-0.25, -0.2) is 4.79 Å². The van der Waals surface area contributed by atoms with Crippen molar-refractivity contribution in [2.45, 2.75) is 11.3 Å². The Morgan fingerprint density at radius 2 is 1.93 bits per heavy atom. The van der Waals surface area contributed by atoms with E-state index in [9.17, 15) is 14.4 Å². The summed E-state index contributed by atoms with van der Waals surface area (Å²) in [4.78, 5) is 38.5. The van der Waals surface area contributed by atoms with Gasteiger partial charge in [-0.3, -0.25) is 9.59 Å². The molecule has 0 unspecified atom stereocenters. The van der Waals surface area contributed by atoms with Crippen LogP contribution in [0.15, 0.2) is 53.4 Å². The fourth-order valence-corrected chi connectivity index (χ4v) is 3.20. The minimum Gasteiger partial charge on any atom is -0.454 e. The van der Waals surface area contributed by atoms with Gasteiger partial charge in [0, 0.05) is 29.3 Å². The molecule has 138 valence electrons. The fraction of sp³-hybridized carbons (Fsp3) is 0.190. The molecular weight excluding hydrogens is 362 g/mol. The smallest absolute Gasteiger partial charge is 0.331 e. The highest BCUT2D eigenvalue weighted by atomic mass is 32.2. The van der Waals surface area contributed by atoms with Crippen molar-refractivity contribution < 1.29 is 19.1 Å². The van der Waals surface area contributed by atoms with Gasteiger partial charge in [0.25, 0.3) is 0 Å². The second-order valence-electron chi connectivity index (χ2n) is 6.11. The lowest BCUT2D eigenvalue weighted by Crippen LogP contribution is -2.20. The monoisotopic (exact) mass is 381 g/mol. The van der Waals surface area contributed by atoms with Gasteiger partial charge in [0.15, 0.2) is 12.4 Å². The number of thioether (sulfide) groups is 1. The predicted molar refractivity (Wildman–Crippen MR) is 106 cm³/mol. The van der Waals surface area contributed by atoms with E-state index in [0.29, 0.717) is 5.56 Å². The van der Waals surface area contributed by atoms with Crippen LogP contribution < -0.4 is 4.90 Å². The quantitative estimate of drug-likeness (QED) is 0.332. The van der Waals surface area contributed by atoms with Gasteiger partial charge < -0.3 is 9.64 Å². The average molecular weight is 381 g/mol. The van der Waals surface area contributed by atoms with E-state index in [1.807, 2.05) is 30.5 Å². The molecule has 5 nitrogen and oxygen atoms in total. The number of amides is 1. The lowest BCUT2D eigenvalue weighted by Gasteiger charge is -2.10. The Morgan fingerprint density at radius 3 is 2.63 bits per heavy atom. The first-order valence-electron chi connectivity index (χ1n) is 8.39. The van der Waals surface area contributed by atoms with Crippen LogP contribution in [0, 0.1) is 0 Å². The topological polar surface area (TPSA) is 63.7 Å². The third kappa shape index (κ3) is 4.46. The van der Waals surface area contributed by atoms with E-state index in [-0.39, 0.29) is 24.7 Å². The number of hydrogen-bond acceptors (Lipinski definition) is 5. The Hall–Kier alpha value is -2.86. The van der Waals surface area contributed by atoms with E-state index >= 15 is 0 Å². The number of benzene rings is 2. The number of hydrogen-bond donors (Lipinski definition) is 0. The Kier molecular flexibility index (Phi) is 5.76. The van der Waals surface area contributed by atoms with Crippen molar-refractivity contribution >= 4 is 41.2 Å². The minimum atomic E-state index is -0.576. The molecule has 27 heavy (non-hydrogen) atoms. The summed E-state index contributed by atoms with van der Waals surface area (Å²) in [5.74, 6) is -0.879. The largest absolute Gasteiger partial charge is 0.454 e. The van der Waals surface area contributed by atoms with Crippen LogP contribution in [0.25, 0.3) is 6.08 Å². The van der Waals surface area contributed by atoms with Crippen molar-refractivity contribution in [1.82, 2.24) is 0 Å². The molecule has 0 spiro atoms. The maximum atomic E-state index is 12.3. The summed E-state index contributed by atoms with van der Waals surface area (Å²) < 4.78 is 5.03. The predicted octanol–water partition coefficient (Wildman–Crippen LogP) is 3.37. The number of anilines is 1. The third-order valence-corrected chi connectivity index (χ3v) is 5.10. The normalized spacial score (nSPS) is 13.1. The van der Waals surface area contributed by atoms with Crippen molar-refractivity contribution in [3.63, 3.8) is 0 Å². The molecule has 0 saturated heterocycles. The highest BCUT2D eigenvalue weighted by Crippen LogP contribution is 2.28. The van der Waals surface area contributed by atoms with Crippen LogP contribution in [-0.4, -0.2) is 37.6 Å². The number of nitrogens with zero attached hydrogens (tertiary/aromatic N) is 1. The third-order valence-electron chi connectivity index (χ3n) is 4.35. The first-order chi connectivity index (χ1) is 13.0. The van der Waals surface area contributed by atoms with Crippen LogP contribution in [0.5, 0.6) is 0 Å². The van der Waals surface area contributed by atoms with Crippen molar-refractivity contribution in [2.75, 3.05) is 24.8 Å². The Balaban J connectivity index is 1.56. The summed E-state index contributed by atoms with van der Waals surface area (Å²) in [5.41, 5.74) is 2.93. The maximum Gasteiger partial charge on any atom is 0.331 e. The van der Waals surface area contributed by atoms with Crippen LogP contribution in [0.1, 0.15) is 21.5 Å². The number of Topliss-reactive ketones (excluding diaryl/α,β-unsaturated/α-hetero) is 1. The number of ether oxygens (including phenoxy) is 1. The molecule has 0 aliphatic carbocycles. The molecular formula is C21H19NO4S. The van der Waals surface area contributed by atoms with Crippen molar-refractivity contribution in [3.05, 3.63) is 65.2 Å².